The van der Waals surface area contributed by atoms with E-state index in [9.17, 15) is 9.59 Å². The van der Waals surface area contributed by atoms with Crippen LogP contribution in [0.15, 0.2) is 24.3 Å². The summed E-state index contributed by atoms with van der Waals surface area (Å²) < 4.78 is 0. The Morgan fingerprint density at radius 3 is 2.57 bits per heavy atom. The molecule has 0 aromatic heterocycles. The maximum Gasteiger partial charge on any atom is 0.306 e. The van der Waals surface area contributed by atoms with Crippen LogP contribution in [0.2, 0.25) is 0 Å². The van der Waals surface area contributed by atoms with Crippen LogP contribution in [0.25, 0.3) is 0 Å². The molecule has 4 heteroatoms. The topological polar surface area (TPSA) is 57.6 Å². The Kier molecular flexibility index (Phi) is 3.70. The summed E-state index contributed by atoms with van der Waals surface area (Å²) in [5.74, 6) is -1.12. The van der Waals surface area contributed by atoms with E-state index in [-0.39, 0.29) is 23.8 Å². The third kappa shape index (κ3) is 2.55. The van der Waals surface area contributed by atoms with Crippen molar-refractivity contribution in [3.63, 3.8) is 0 Å². The van der Waals surface area contributed by atoms with Gasteiger partial charge in [-0.3, -0.25) is 9.59 Å². The van der Waals surface area contributed by atoms with E-state index in [4.69, 9.17) is 5.11 Å². The van der Waals surface area contributed by atoms with E-state index in [0.717, 1.165) is 12.8 Å². The molecular weight excluding hydrogens is 266 g/mol. The number of nitrogens with zero attached hydrogens (tertiary/aromatic N) is 1. The fraction of sp³-hybridized carbons (Fsp3) is 0.529. The Morgan fingerprint density at radius 2 is 1.86 bits per heavy atom. The van der Waals surface area contributed by atoms with Gasteiger partial charge in [-0.1, -0.05) is 24.3 Å². The molecule has 1 saturated carbocycles. The second kappa shape index (κ2) is 5.51. The first-order chi connectivity index (χ1) is 10.1. The summed E-state index contributed by atoms with van der Waals surface area (Å²) in [5, 5.41) is 9.07. The number of aryl methyl sites for hydroxylation is 1. The van der Waals surface area contributed by atoms with E-state index in [1.54, 1.807) is 0 Å². The van der Waals surface area contributed by atoms with Gasteiger partial charge in [0.1, 0.15) is 0 Å². The van der Waals surface area contributed by atoms with Crippen LogP contribution in [-0.4, -0.2) is 28.9 Å². The van der Waals surface area contributed by atoms with E-state index in [1.807, 2.05) is 24.1 Å². The number of carbonyl (C=O) groups is 2. The van der Waals surface area contributed by atoms with Crippen LogP contribution in [-0.2, 0) is 16.0 Å². The zero-order chi connectivity index (χ0) is 15.0. The lowest BCUT2D eigenvalue weighted by atomic mass is 10.0. The van der Waals surface area contributed by atoms with Crippen molar-refractivity contribution in [1.82, 2.24) is 4.90 Å². The molecule has 0 saturated heterocycles. The monoisotopic (exact) mass is 287 g/mol. The Balaban J connectivity index is 1.70. The molecule has 21 heavy (non-hydrogen) atoms. The number of benzene rings is 1. The van der Waals surface area contributed by atoms with Gasteiger partial charge in [-0.2, -0.15) is 0 Å². The first-order valence-corrected chi connectivity index (χ1v) is 7.65. The molecule has 0 heterocycles. The van der Waals surface area contributed by atoms with Crippen molar-refractivity contribution in [2.24, 2.45) is 11.8 Å². The maximum absolute atomic E-state index is 12.6. The van der Waals surface area contributed by atoms with Crippen molar-refractivity contribution in [1.29, 1.82) is 0 Å². The smallest absolute Gasteiger partial charge is 0.306 e. The first-order valence-electron chi connectivity index (χ1n) is 7.65. The molecule has 1 N–H and O–H groups in total. The summed E-state index contributed by atoms with van der Waals surface area (Å²) in [6.45, 7) is 0. The van der Waals surface area contributed by atoms with Gasteiger partial charge in [0.15, 0.2) is 0 Å². The molecule has 2 aliphatic carbocycles. The zero-order valence-corrected chi connectivity index (χ0v) is 12.3. The molecule has 0 bridgehead atoms. The highest BCUT2D eigenvalue weighted by molar-refractivity contribution is 5.81. The van der Waals surface area contributed by atoms with Gasteiger partial charge in [0, 0.05) is 13.0 Å². The second-order valence-electron chi connectivity index (χ2n) is 6.25. The van der Waals surface area contributed by atoms with E-state index < -0.39 is 5.97 Å². The second-order valence-corrected chi connectivity index (χ2v) is 6.25. The van der Waals surface area contributed by atoms with Gasteiger partial charge in [-0.25, -0.2) is 0 Å². The SMILES string of the molecule is CN(C(=O)[C@@H]1CC[C@H](C(=O)O)C1)C1CCc2ccccc21. The predicted molar refractivity (Wildman–Crippen MR) is 78.7 cm³/mol. The highest BCUT2D eigenvalue weighted by atomic mass is 16.4. The van der Waals surface area contributed by atoms with Gasteiger partial charge in [-0.05, 0) is 43.2 Å². The number of fused-ring (bicyclic) bond motifs is 1. The van der Waals surface area contributed by atoms with E-state index in [0.29, 0.717) is 19.3 Å². The first kappa shape index (κ1) is 14.1. The number of carboxylic acids is 1. The van der Waals surface area contributed by atoms with Crippen LogP contribution in [0.4, 0.5) is 0 Å². The quantitative estimate of drug-likeness (QED) is 0.929. The summed E-state index contributed by atoms with van der Waals surface area (Å²) in [4.78, 5) is 25.5. The van der Waals surface area contributed by atoms with E-state index in [2.05, 4.69) is 12.1 Å². The number of amides is 1. The Labute approximate surface area is 124 Å². The number of aliphatic carboxylic acids is 1. The number of hydrogen-bond acceptors (Lipinski definition) is 2. The molecule has 0 aliphatic heterocycles. The molecule has 1 fully saturated rings. The molecule has 2 aliphatic rings. The van der Waals surface area contributed by atoms with Crippen LogP contribution in [0.1, 0.15) is 42.9 Å². The highest BCUT2D eigenvalue weighted by Crippen LogP contribution is 2.38. The molecule has 0 spiro atoms. The molecular formula is C17H21NO3. The van der Waals surface area contributed by atoms with Gasteiger partial charge in [-0.15, -0.1) is 0 Å². The van der Waals surface area contributed by atoms with Crippen molar-refractivity contribution in [2.45, 2.75) is 38.1 Å². The Hall–Kier alpha value is -1.84. The third-order valence-corrected chi connectivity index (χ3v) is 5.05. The van der Waals surface area contributed by atoms with Crippen molar-refractivity contribution in [2.75, 3.05) is 7.05 Å². The lowest BCUT2D eigenvalue weighted by molar-refractivity contribution is -0.141. The number of carbonyl (C=O) groups excluding carboxylic acids is 1. The summed E-state index contributed by atoms with van der Waals surface area (Å²) in [5.41, 5.74) is 2.58. The molecule has 3 rings (SSSR count). The third-order valence-electron chi connectivity index (χ3n) is 5.05. The Morgan fingerprint density at radius 1 is 1.14 bits per heavy atom. The molecule has 3 atom stereocenters. The van der Waals surface area contributed by atoms with Crippen LogP contribution < -0.4 is 0 Å². The van der Waals surface area contributed by atoms with Crippen molar-refractivity contribution in [3.05, 3.63) is 35.4 Å². The van der Waals surface area contributed by atoms with Gasteiger partial charge in [0.05, 0.1) is 12.0 Å². The van der Waals surface area contributed by atoms with Gasteiger partial charge in [0.25, 0.3) is 0 Å². The van der Waals surface area contributed by atoms with Crippen LogP contribution in [0.3, 0.4) is 0 Å². The fourth-order valence-corrected chi connectivity index (χ4v) is 3.81. The largest absolute Gasteiger partial charge is 0.481 e. The molecule has 4 nitrogen and oxygen atoms in total. The average Bonchev–Trinajstić information content (AvgIpc) is 3.12. The molecule has 1 aromatic carbocycles. The highest BCUT2D eigenvalue weighted by Gasteiger charge is 2.37. The fourth-order valence-electron chi connectivity index (χ4n) is 3.81. The minimum Gasteiger partial charge on any atom is -0.481 e. The minimum absolute atomic E-state index is 0.112. The van der Waals surface area contributed by atoms with Crippen molar-refractivity contribution < 1.29 is 14.7 Å². The summed E-state index contributed by atoms with van der Waals surface area (Å²) in [6, 6.07) is 8.44. The minimum atomic E-state index is -0.765. The molecule has 112 valence electrons. The number of rotatable bonds is 3. The normalized spacial score (nSPS) is 27.4. The van der Waals surface area contributed by atoms with Gasteiger partial charge in [0.2, 0.25) is 5.91 Å². The number of carboxylic acid groups (broad SMARTS) is 1. The molecule has 0 radical (unpaired) electrons. The van der Waals surface area contributed by atoms with Gasteiger partial charge >= 0.3 is 5.97 Å². The maximum atomic E-state index is 12.6. The van der Waals surface area contributed by atoms with Crippen molar-refractivity contribution >= 4 is 11.9 Å². The lowest BCUT2D eigenvalue weighted by Gasteiger charge is -2.28. The van der Waals surface area contributed by atoms with Crippen LogP contribution >= 0.6 is 0 Å². The molecule has 1 amide bonds. The summed E-state index contributed by atoms with van der Waals surface area (Å²) in [6.07, 6.45) is 3.81. The molecule has 1 aromatic rings. The Bertz CT molecular complexity index is 569. The zero-order valence-electron chi connectivity index (χ0n) is 12.3. The average molecular weight is 287 g/mol. The van der Waals surface area contributed by atoms with Crippen molar-refractivity contribution in [3.8, 4) is 0 Å². The van der Waals surface area contributed by atoms with E-state index in [1.165, 1.54) is 11.1 Å². The standard InChI is InChI=1S/C17H21NO3/c1-18(15-9-8-11-4-2-3-5-14(11)15)16(19)12-6-7-13(10-12)17(20)21/h2-5,12-13,15H,6-10H2,1H3,(H,20,21)/t12-,13+,15?/m1/s1. The summed E-state index contributed by atoms with van der Waals surface area (Å²) in [7, 11) is 1.86. The van der Waals surface area contributed by atoms with Crippen LogP contribution in [0.5, 0.6) is 0 Å². The predicted octanol–water partition coefficient (Wildman–Crippen LogP) is 2.63. The lowest BCUT2D eigenvalue weighted by Crippen LogP contribution is -2.34. The van der Waals surface area contributed by atoms with Gasteiger partial charge < -0.3 is 10.0 Å². The summed E-state index contributed by atoms with van der Waals surface area (Å²) >= 11 is 0. The van der Waals surface area contributed by atoms with Crippen LogP contribution in [0, 0.1) is 11.8 Å². The van der Waals surface area contributed by atoms with E-state index >= 15 is 0 Å². The number of hydrogen-bond donors (Lipinski definition) is 1. The molecule has 1 unspecified atom stereocenters.